The number of carbonyl (C=O) groups is 1. The minimum absolute atomic E-state index is 0.399. The van der Waals surface area contributed by atoms with Crippen LogP contribution >= 0.6 is 23.2 Å². The van der Waals surface area contributed by atoms with E-state index < -0.39 is 6.09 Å². The van der Waals surface area contributed by atoms with Crippen molar-refractivity contribution in [3.05, 3.63) is 28.2 Å². The molecular formula is C14H18Cl2N2O2. The molecule has 20 heavy (non-hydrogen) atoms. The zero-order valence-corrected chi connectivity index (χ0v) is 12.6. The van der Waals surface area contributed by atoms with Crippen molar-refractivity contribution in [3.8, 4) is 0 Å². The summed E-state index contributed by atoms with van der Waals surface area (Å²) in [7, 11) is 0. The molecule has 1 unspecified atom stereocenters. The third-order valence-corrected chi connectivity index (χ3v) is 4.02. The molecule has 1 amide bonds. The van der Waals surface area contributed by atoms with Crippen LogP contribution in [0, 0.1) is 0 Å². The van der Waals surface area contributed by atoms with Crippen LogP contribution in [0.2, 0.25) is 10.0 Å². The lowest BCUT2D eigenvalue weighted by atomic mass is 10.0. The van der Waals surface area contributed by atoms with Crippen molar-refractivity contribution >= 4 is 35.0 Å². The Kier molecular flexibility index (Phi) is 5.95. The minimum Gasteiger partial charge on any atom is -0.449 e. The highest BCUT2D eigenvalue weighted by atomic mass is 35.5. The summed E-state index contributed by atoms with van der Waals surface area (Å²) in [4.78, 5) is 11.6. The van der Waals surface area contributed by atoms with Crippen LogP contribution in [0.3, 0.4) is 0 Å². The second-order valence-electron chi connectivity index (χ2n) is 4.83. The first-order chi connectivity index (χ1) is 9.65. The maximum absolute atomic E-state index is 11.6. The van der Waals surface area contributed by atoms with Crippen LogP contribution in [0.1, 0.15) is 25.7 Å². The molecule has 0 spiro atoms. The Morgan fingerprint density at radius 3 is 2.90 bits per heavy atom. The van der Waals surface area contributed by atoms with Crippen LogP contribution < -0.4 is 10.6 Å². The highest BCUT2D eigenvalue weighted by Crippen LogP contribution is 2.25. The number of hydrogen-bond donors (Lipinski definition) is 2. The Bertz CT molecular complexity index is 462. The number of benzene rings is 1. The van der Waals surface area contributed by atoms with Gasteiger partial charge in [-0.2, -0.15) is 0 Å². The molecule has 1 fully saturated rings. The number of carbonyl (C=O) groups excluding carboxylic acids is 1. The van der Waals surface area contributed by atoms with Gasteiger partial charge >= 0.3 is 6.09 Å². The lowest BCUT2D eigenvalue weighted by molar-refractivity contribution is 0.153. The van der Waals surface area contributed by atoms with Crippen molar-refractivity contribution in [2.24, 2.45) is 0 Å². The summed E-state index contributed by atoms with van der Waals surface area (Å²) >= 11 is 11.7. The smallest absolute Gasteiger partial charge is 0.411 e. The number of ether oxygens (including phenoxy) is 1. The molecule has 0 bridgehead atoms. The van der Waals surface area contributed by atoms with Crippen LogP contribution in [-0.4, -0.2) is 25.3 Å². The van der Waals surface area contributed by atoms with Crippen molar-refractivity contribution < 1.29 is 9.53 Å². The van der Waals surface area contributed by atoms with Gasteiger partial charge in [0.25, 0.3) is 0 Å². The molecule has 1 aliphatic heterocycles. The Morgan fingerprint density at radius 2 is 2.20 bits per heavy atom. The van der Waals surface area contributed by atoms with Crippen LogP contribution in [0.4, 0.5) is 10.5 Å². The predicted octanol–water partition coefficient (Wildman–Crippen LogP) is 4.07. The third kappa shape index (κ3) is 4.85. The molecule has 0 saturated carbocycles. The molecule has 1 heterocycles. The van der Waals surface area contributed by atoms with Gasteiger partial charge < -0.3 is 10.1 Å². The Hall–Kier alpha value is -0.970. The number of amides is 1. The SMILES string of the molecule is O=C(Nc1ccc(Cl)c(Cl)c1)OCCC1CCCCN1. The standard InChI is InChI=1S/C14H18Cl2N2O2/c15-12-5-4-11(9-13(12)16)18-14(19)20-8-6-10-3-1-2-7-17-10/h4-5,9-10,17H,1-3,6-8H2,(H,18,19). The van der Waals surface area contributed by atoms with E-state index in [4.69, 9.17) is 27.9 Å². The van der Waals surface area contributed by atoms with E-state index in [1.807, 2.05) is 0 Å². The maximum atomic E-state index is 11.6. The van der Waals surface area contributed by atoms with E-state index >= 15 is 0 Å². The first kappa shape index (κ1) is 15.4. The van der Waals surface area contributed by atoms with Gasteiger partial charge in [0.15, 0.2) is 0 Å². The number of hydrogen-bond acceptors (Lipinski definition) is 3. The molecule has 1 aromatic rings. The minimum atomic E-state index is -0.473. The summed E-state index contributed by atoms with van der Waals surface area (Å²) in [6.45, 7) is 1.46. The van der Waals surface area contributed by atoms with Gasteiger partial charge in [0, 0.05) is 11.7 Å². The highest BCUT2D eigenvalue weighted by molar-refractivity contribution is 6.42. The predicted molar refractivity (Wildman–Crippen MR) is 81.7 cm³/mol. The molecule has 1 aliphatic rings. The molecule has 1 aromatic carbocycles. The summed E-state index contributed by atoms with van der Waals surface area (Å²) in [6.07, 6.45) is 3.99. The fraction of sp³-hybridized carbons (Fsp3) is 0.500. The lowest BCUT2D eigenvalue weighted by Crippen LogP contribution is -2.35. The summed E-state index contributed by atoms with van der Waals surface area (Å²) in [5, 5.41) is 6.89. The second-order valence-corrected chi connectivity index (χ2v) is 5.64. The van der Waals surface area contributed by atoms with Crippen LogP contribution in [0.25, 0.3) is 0 Å². The van der Waals surface area contributed by atoms with Crippen molar-refractivity contribution in [2.75, 3.05) is 18.5 Å². The first-order valence-corrected chi connectivity index (χ1v) is 7.53. The molecule has 4 nitrogen and oxygen atoms in total. The summed E-state index contributed by atoms with van der Waals surface area (Å²) < 4.78 is 5.15. The van der Waals surface area contributed by atoms with Gasteiger partial charge in [0.1, 0.15) is 0 Å². The molecule has 110 valence electrons. The van der Waals surface area contributed by atoms with E-state index in [1.54, 1.807) is 18.2 Å². The molecule has 1 saturated heterocycles. The largest absolute Gasteiger partial charge is 0.449 e. The van der Waals surface area contributed by atoms with Gasteiger partial charge in [-0.15, -0.1) is 0 Å². The normalized spacial score (nSPS) is 18.6. The van der Waals surface area contributed by atoms with Crippen LogP contribution in [0.15, 0.2) is 18.2 Å². The second kappa shape index (κ2) is 7.72. The lowest BCUT2D eigenvalue weighted by Gasteiger charge is -2.23. The number of anilines is 1. The van der Waals surface area contributed by atoms with E-state index in [0.717, 1.165) is 19.4 Å². The Balaban J connectivity index is 1.70. The summed E-state index contributed by atoms with van der Waals surface area (Å²) in [6, 6.07) is 5.36. The van der Waals surface area contributed by atoms with Gasteiger partial charge in [0.05, 0.1) is 16.7 Å². The molecule has 1 atom stereocenters. The average molecular weight is 317 g/mol. The fourth-order valence-electron chi connectivity index (χ4n) is 2.19. The molecule has 0 radical (unpaired) electrons. The van der Waals surface area contributed by atoms with E-state index in [-0.39, 0.29) is 0 Å². The van der Waals surface area contributed by atoms with E-state index in [9.17, 15) is 4.79 Å². The third-order valence-electron chi connectivity index (χ3n) is 3.28. The van der Waals surface area contributed by atoms with Crippen molar-refractivity contribution in [2.45, 2.75) is 31.7 Å². The number of nitrogens with one attached hydrogen (secondary N) is 2. The Labute approximate surface area is 128 Å². The van der Waals surface area contributed by atoms with E-state index in [2.05, 4.69) is 10.6 Å². The van der Waals surface area contributed by atoms with Crippen molar-refractivity contribution in [1.82, 2.24) is 5.32 Å². The van der Waals surface area contributed by atoms with E-state index in [1.165, 1.54) is 12.8 Å². The molecule has 6 heteroatoms. The van der Waals surface area contributed by atoms with Crippen molar-refractivity contribution in [1.29, 1.82) is 0 Å². The Morgan fingerprint density at radius 1 is 1.35 bits per heavy atom. The van der Waals surface area contributed by atoms with Gasteiger partial charge in [-0.05, 0) is 44.0 Å². The van der Waals surface area contributed by atoms with E-state index in [0.29, 0.717) is 28.4 Å². The van der Waals surface area contributed by atoms with Gasteiger partial charge in [-0.3, -0.25) is 5.32 Å². The topological polar surface area (TPSA) is 50.4 Å². The van der Waals surface area contributed by atoms with Gasteiger partial charge in [-0.25, -0.2) is 4.79 Å². The van der Waals surface area contributed by atoms with Crippen LogP contribution in [0.5, 0.6) is 0 Å². The van der Waals surface area contributed by atoms with Gasteiger partial charge in [-0.1, -0.05) is 29.6 Å². The average Bonchev–Trinajstić information content (AvgIpc) is 2.44. The quantitative estimate of drug-likeness (QED) is 0.880. The maximum Gasteiger partial charge on any atom is 0.411 e. The molecule has 0 aliphatic carbocycles. The summed E-state index contributed by atoms with van der Waals surface area (Å²) in [5.41, 5.74) is 0.570. The van der Waals surface area contributed by atoms with Crippen molar-refractivity contribution in [3.63, 3.8) is 0 Å². The first-order valence-electron chi connectivity index (χ1n) is 6.77. The molecule has 2 N–H and O–H groups in total. The zero-order chi connectivity index (χ0) is 14.4. The van der Waals surface area contributed by atoms with Crippen LogP contribution in [-0.2, 0) is 4.74 Å². The monoisotopic (exact) mass is 316 g/mol. The number of rotatable bonds is 4. The van der Waals surface area contributed by atoms with Gasteiger partial charge in [0.2, 0.25) is 0 Å². The summed E-state index contributed by atoms with van der Waals surface area (Å²) in [5.74, 6) is 0. The highest BCUT2D eigenvalue weighted by Gasteiger charge is 2.13. The molecular weight excluding hydrogens is 299 g/mol. The number of halogens is 2. The number of piperidine rings is 1. The molecule has 2 rings (SSSR count). The zero-order valence-electron chi connectivity index (χ0n) is 11.1. The fourth-order valence-corrected chi connectivity index (χ4v) is 2.49. The molecule has 0 aromatic heterocycles.